The molecule has 1 atom stereocenters. The zero-order valence-electron chi connectivity index (χ0n) is 10.5. The zero-order chi connectivity index (χ0) is 13.3. The number of rotatable bonds is 4. The van der Waals surface area contributed by atoms with Gasteiger partial charge in [0.1, 0.15) is 0 Å². The summed E-state index contributed by atoms with van der Waals surface area (Å²) in [6.45, 7) is 6.13. The van der Waals surface area contributed by atoms with E-state index >= 15 is 0 Å². The standard InChI is InChI=1S/C10H14.C2H6O3S2/c1-3-9(2)10-7-5-4-6-8-10;1-2-6-7(3,4)5/h4-9H,3H2,1-2H3;2H2,1H3,(H,3,4,5). The Bertz CT molecular complexity index is 387. The van der Waals surface area contributed by atoms with Crippen molar-refractivity contribution in [2.24, 2.45) is 0 Å². The predicted octanol–water partition coefficient (Wildman–Crippen LogP) is 3.74. The maximum Gasteiger partial charge on any atom is 0.319 e. The molecule has 0 radical (unpaired) electrons. The summed E-state index contributed by atoms with van der Waals surface area (Å²) in [5.41, 5.74) is 1.45. The molecule has 17 heavy (non-hydrogen) atoms. The van der Waals surface area contributed by atoms with E-state index in [2.05, 4.69) is 44.2 Å². The molecule has 1 aromatic rings. The van der Waals surface area contributed by atoms with Crippen molar-refractivity contribution in [3.05, 3.63) is 35.9 Å². The molecule has 0 aromatic heterocycles. The van der Waals surface area contributed by atoms with Gasteiger partial charge >= 0.3 is 9.15 Å². The number of hydrogen-bond donors (Lipinski definition) is 1. The second-order valence-electron chi connectivity index (χ2n) is 3.55. The number of hydrogen-bond acceptors (Lipinski definition) is 3. The summed E-state index contributed by atoms with van der Waals surface area (Å²) < 4.78 is 27.5. The minimum Gasteiger partial charge on any atom is -0.277 e. The Hall–Kier alpha value is -0.520. The fourth-order valence-corrected chi connectivity index (χ4v) is 2.36. The summed E-state index contributed by atoms with van der Waals surface area (Å²) in [6, 6.07) is 10.6. The van der Waals surface area contributed by atoms with E-state index in [0.29, 0.717) is 22.5 Å². The van der Waals surface area contributed by atoms with Crippen LogP contribution in [0.1, 0.15) is 38.7 Å². The van der Waals surface area contributed by atoms with Crippen LogP contribution in [-0.4, -0.2) is 18.7 Å². The van der Waals surface area contributed by atoms with Crippen molar-refractivity contribution in [1.82, 2.24) is 0 Å². The van der Waals surface area contributed by atoms with E-state index in [4.69, 9.17) is 4.55 Å². The zero-order valence-corrected chi connectivity index (χ0v) is 12.1. The molecule has 0 amide bonds. The molecule has 0 saturated carbocycles. The van der Waals surface area contributed by atoms with E-state index in [-0.39, 0.29) is 0 Å². The lowest BCUT2D eigenvalue weighted by molar-refractivity contribution is 0.503. The Kier molecular flexibility index (Phi) is 8.29. The Morgan fingerprint density at radius 3 is 2.06 bits per heavy atom. The predicted molar refractivity (Wildman–Crippen MR) is 74.8 cm³/mol. The molecule has 0 heterocycles. The molecule has 0 bridgehead atoms. The third-order valence-corrected chi connectivity index (χ3v) is 4.38. The summed E-state index contributed by atoms with van der Waals surface area (Å²) in [6.07, 6.45) is 1.23. The van der Waals surface area contributed by atoms with Crippen LogP contribution in [-0.2, 0) is 9.15 Å². The minimum atomic E-state index is -3.76. The lowest BCUT2D eigenvalue weighted by atomic mass is 9.99. The van der Waals surface area contributed by atoms with Crippen LogP contribution in [0.3, 0.4) is 0 Å². The summed E-state index contributed by atoms with van der Waals surface area (Å²) in [5, 5.41) is 0. The molecule has 5 heteroatoms. The third-order valence-electron chi connectivity index (χ3n) is 2.25. The Balaban J connectivity index is 0.000000325. The van der Waals surface area contributed by atoms with Crippen LogP contribution in [0.5, 0.6) is 0 Å². The van der Waals surface area contributed by atoms with Gasteiger partial charge in [-0.3, -0.25) is 4.55 Å². The Labute approximate surface area is 108 Å². The summed E-state index contributed by atoms with van der Waals surface area (Å²) in [4.78, 5) is 0. The Morgan fingerprint density at radius 2 is 1.76 bits per heavy atom. The average molecular weight is 276 g/mol. The van der Waals surface area contributed by atoms with Gasteiger partial charge in [-0.1, -0.05) is 51.1 Å². The molecule has 3 nitrogen and oxygen atoms in total. The first-order valence-electron chi connectivity index (χ1n) is 5.57. The van der Waals surface area contributed by atoms with Gasteiger partial charge in [-0.05, 0) is 28.7 Å². The molecule has 98 valence electrons. The molecular weight excluding hydrogens is 256 g/mol. The third kappa shape index (κ3) is 9.21. The van der Waals surface area contributed by atoms with Crippen LogP contribution in [0.25, 0.3) is 0 Å². The quantitative estimate of drug-likeness (QED) is 0.672. The highest BCUT2D eigenvalue weighted by atomic mass is 33.1. The van der Waals surface area contributed by atoms with Gasteiger partial charge in [0.15, 0.2) is 0 Å². The largest absolute Gasteiger partial charge is 0.319 e. The normalized spacial score (nSPS) is 12.5. The first-order chi connectivity index (χ1) is 7.90. The van der Waals surface area contributed by atoms with Crippen LogP contribution in [0, 0.1) is 0 Å². The van der Waals surface area contributed by atoms with Crippen molar-refractivity contribution < 1.29 is 13.0 Å². The van der Waals surface area contributed by atoms with Gasteiger partial charge in [0, 0.05) is 5.75 Å². The molecule has 0 aliphatic rings. The molecule has 0 saturated heterocycles. The molecule has 0 aliphatic carbocycles. The summed E-state index contributed by atoms with van der Waals surface area (Å²) in [5.74, 6) is 1.10. The molecule has 0 aliphatic heterocycles. The van der Waals surface area contributed by atoms with Crippen LogP contribution in [0.2, 0.25) is 0 Å². The van der Waals surface area contributed by atoms with Crippen molar-refractivity contribution in [1.29, 1.82) is 0 Å². The van der Waals surface area contributed by atoms with Gasteiger partial charge in [0.2, 0.25) is 0 Å². The Morgan fingerprint density at radius 1 is 1.24 bits per heavy atom. The molecule has 1 aromatic carbocycles. The highest BCUT2D eigenvalue weighted by Gasteiger charge is 1.99. The molecular formula is C12H20O3S2. The lowest BCUT2D eigenvalue weighted by Gasteiger charge is -2.06. The van der Waals surface area contributed by atoms with E-state index in [0.717, 1.165) is 0 Å². The first-order valence-corrected chi connectivity index (χ1v) is 8.51. The molecule has 0 spiro atoms. The second-order valence-corrected chi connectivity index (χ2v) is 7.19. The van der Waals surface area contributed by atoms with Gasteiger partial charge in [0.05, 0.1) is 0 Å². The molecule has 1 unspecified atom stereocenters. The van der Waals surface area contributed by atoms with Gasteiger partial charge in [-0.15, -0.1) is 0 Å². The highest BCUT2D eigenvalue weighted by Crippen LogP contribution is 2.16. The van der Waals surface area contributed by atoms with E-state index < -0.39 is 9.15 Å². The summed E-state index contributed by atoms with van der Waals surface area (Å²) >= 11 is 0. The monoisotopic (exact) mass is 276 g/mol. The van der Waals surface area contributed by atoms with E-state index in [1.165, 1.54) is 12.0 Å². The van der Waals surface area contributed by atoms with Gasteiger partial charge in [-0.25, -0.2) is 0 Å². The van der Waals surface area contributed by atoms with Crippen molar-refractivity contribution in [3.63, 3.8) is 0 Å². The first kappa shape index (κ1) is 16.5. The fraction of sp³-hybridized carbons (Fsp3) is 0.500. The van der Waals surface area contributed by atoms with E-state index in [1.807, 2.05) is 0 Å². The molecule has 1 N–H and O–H groups in total. The number of benzene rings is 1. The summed E-state index contributed by atoms with van der Waals surface area (Å²) in [7, 11) is -3.24. The topological polar surface area (TPSA) is 54.4 Å². The minimum absolute atomic E-state index is 0.388. The second kappa shape index (κ2) is 8.55. The van der Waals surface area contributed by atoms with Gasteiger partial charge < -0.3 is 0 Å². The lowest BCUT2D eigenvalue weighted by Crippen LogP contribution is -1.88. The maximum atomic E-state index is 9.75. The van der Waals surface area contributed by atoms with Crippen molar-refractivity contribution in [2.45, 2.75) is 33.1 Å². The van der Waals surface area contributed by atoms with Crippen LogP contribution in [0.15, 0.2) is 30.3 Å². The van der Waals surface area contributed by atoms with Crippen molar-refractivity contribution in [2.75, 3.05) is 5.75 Å². The maximum absolute atomic E-state index is 9.75. The van der Waals surface area contributed by atoms with Crippen molar-refractivity contribution >= 4 is 19.9 Å². The fourth-order valence-electron chi connectivity index (χ4n) is 1.17. The van der Waals surface area contributed by atoms with Crippen molar-refractivity contribution in [3.8, 4) is 0 Å². The molecule has 1 rings (SSSR count). The van der Waals surface area contributed by atoms with Crippen LogP contribution >= 0.6 is 10.8 Å². The molecule has 0 fully saturated rings. The van der Waals surface area contributed by atoms with E-state index in [9.17, 15) is 8.42 Å². The SMILES string of the molecule is CCC(C)c1ccccc1.CCSS(=O)(=O)O. The highest BCUT2D eigenvalue weighted by molar-refractivity contribution is 8.69. The van der Waals surface area contributed by atoms with Crippen LogP contribution < -0.4 is 0 Å². The van der Waals surface area contributed by atoms with E-state index in [1.54, 1.807) is 6.92 Å². The van der Waals surface area contributed by atoms with Crippen LogP contribution in [0.4, 0.5) is 0 Å². The average Bonchev–Trinajstić information content (AvgIpc) is 2.28. The van der Waals surface area contributed by atoms with Gasteiger partial charge in [-0.2, -0.15) is 8.42 Å². The van der Waals surface area contributed by atoms with Gasteiger partial charge in [0.25, 0.3) is 0 Å². The smallest absolute Gasteiger partial charge is 0.277 e.